The Labute approximate surface area is 143 Å². The molecule has 3 aliphatic rings. The van der Waals surface area contributed by atoms with Crippen molar-refractivity contribution in [2.45, 2.75) is 37.3 Å². The molecule has 4 rings (SSSR count). The van der Waals surface area contributed by atoms with Crippen LogP contribution in [0.25, 0.3) is 0 Å². The number of rotatable bonds is 4. The van der Waals surface area contributed by atoms with Crippen molar-refractivity contribution in [1.82, 2.24) is 4.90 Å². The summed E-state index contributed by atoms with van der Waals surface area (Å²) in [7, 11) is 3.41. The van der Waals surface area contributed by atoms with E-state index < -0.39 is 0 Å². The van der Waals surface area contributed by atoms with Crippen LogP contribution in [-0.2, 0) is 15.9 Å². The molecule has 3 unspecified atom stereocenters. The summed E-state index contributed by atoms with van der Waals surface area (Å²) < 4.78 is 22.5. The van der Waals surface area contributed by atoms with E-state index in [1.54, 1.807) is 14.2 Å². The minimum atomic E-state index is -0.169. The topological polar surface area (TPSA) is 40.2 Å². The molecule has 3 atom stereocenters. The van der Waals surface area contributed by atoms with Crippen LogP contribution in [0.3, 0.4) is 0 Å². The SMILES string of the molecule is C=C(OC)C(OC)C1c2cc3c(cc2CCN2CCCC12)OCO3. The van der Waals surface area contributed by atoms with Crippen LogP contribution < -0.4 is 9.47 Å². The van der Waals surface area contributed by atoms with E-state index in [1.165, 1.54) is 24.0 Å². The molecule has 24 heavy (non-hydrogen) atoms. The summed E-state index contributed by atoms with van der Waals surface area (Å²) in [4.78, 5) is 2.59. The first kappa shape index (κ1) is 15.8. The van der Waals surface area contributed by atoms with E-state index in [4.69, 9.17) is 18.9 Å². The minimum absolute atomic E-state index is 0.169. The summed E-state index contributed by atoms with van der Waals surface area (Å²) in [5.74, 6) is 2.56. The summed E-state index contributed by atoms with van der Waals surface area (Å²) >= 11 is 0. The van der Waals surface area contributed by atoms with Crippen molar-refractivity contribution < 1.29 is 18.9 Å². The summed E-state index contributed by atoms with van der Waals surface area (Å²) in [5.41, 5.74) is 2.61. The molecule has 3 heterocycles. The first-order valence-electron chi connectivity index (χ1n) is 8.65. The van der Waals surface area contributed by atoms with Crippen molar-refractivity contribution >= 4 is 0 Å². The highest BCUT2D eigenvalue weighted by atomic mass is 16.7. The van der Waals surface area contributed by atoms with E-state index >= 15 is 0 Å². The third-order valence-corrected chi connectivity index (χ3v) is 5.65. The van der Waals surface area contributed by atoms with Crippen LogP contribution in [0.1, 0.15) is 29.9 Å². The van der Waals surface area contributed by atoms with Crippen molar-refractivity contribution in [1.29, 1.82) is 0 Å². The normalized spacial score (nSPS) is 26.4. The van der Waals surface area contributed by atoms with Crippen molar-refractivity contribution in [2.75, 3.05) is 34.1 Å². The molecule has 1 saturated heterocycles. The Morgan fingerprint density at radius 3 is 2.79 bits per heavy atom. The number of fused-ring (bicyclic) bond motifs is 3. The fourth-order valence-electron chi connectivity index (χ4n) is 4.49. The van der Waals surface area contributed by atoms with Gasteiger partial charge in [-0.1, -0.05) is 6.58 Å². The number of ether oxygens (including phenoxy) is 4. The summed E-state index contributed by atoms with van der Waals surface area (Å²) in [5, 5.41) is 0. The molecule has 0 amide bonds. The molecule has 0 saturated carbocycles. The zero-order valence-corrected chi connectivity index (χ0v) is 14.4. The molecule has 0 aromatic heterocycles. The third-order valence-electron chi connectivity index (χ3n) is 5.65. The summed E-state index contributed by atoms with van der Waals surface area (Å²) in [6.07, 6.45) is 3.26. The van der Waals surface area contributed by atoms with E-state index in [9.17, 15) is 0 Å². The van der Waals surface area contributed by atoms with Gasteiger partial charge in [-0.05, 0) is 49.1 Å². The third kappa shape index (κ3) is 2.47. The van der Waals surface area contributed by atoms with Gasteiger partial charge >= 0.3 is 0 Å². The Bertz CT molecular complexity index is 644. The van der Waals surface area contributed by atoms with Crippen molar-refractivity contribution in [2.24, 2.45) is 0 Å². The molecule has 3 aliphatic heterocycles. The molecule has 0 spiro atoms. The van der Waals surface area contributed by atoms with Crippen LogP contribution in [0, 0.1) is 0 Å². The standard InChI is InChI=1S/C19H25NO4/c1-12(21-2)19(22-3)18-14-10-17-16(23-11-24-17)9-13(14)6-8-20-7-4-5-15(18)20/h9-10,15,18-19H,1,4-8,11H2,2-3H3. The lowest BCUT2D eigenvalue weighted by Crippen LogP contribution is -2.40. The summed E-state index contributed by atoms with van der Waals surface area (Å²) in [6.45, 7) is 6.61. The average Bonchev–Trinajstić information content (AvgIpc) is 3.22. The molecule has 1 fully saturated rings. The predicted octanol–water partition coefficient (Wildman–Crippen LogP) is 2.69. The average molecular weight is 331 g/mol. The maximum absolute atomic E-state index is 5.86. The van der Waals surface area contributed by atoms with E-state index in [0.717, 1.165) is 31.0 Å². The molecule has 0 bridgehead atoms. The molecule has 130 valence electrons. The maximum atomic E-state index is 5.86. The number of nitrogens with zero attached hydrogens (tertiary/aromatic N) is 1. The van der Waals surface area contributed by atoms with Gasteiger partial charge in [-0.15, -0.1) is 0 Å². The second-order valence-corrected chi connectivity index (χ2v) is 6.75. The largest absolute Gasteiger partial charge is 0.499 e. The molecule has 5 nitrogen and oxygen atoms in total. The minimum Gasteiger partial charge on any atom is -0.499 e. The lowest BCUT2D eigenvalue weighted by atomic mass is 9.82. The van der Waals surface area contributed by atoms with Gasteiger partial charge in [0.25, 0.3) is 0 Å². The van der Waals surface area contributed by atoms with Crippen molar-refractivity contribution in [3.8, 4) is 11.5 Å². The van der Waals surface area contributed by atoms with E-state index in [2.05, 4.69) is 23.6 Å². The second-order valence-electron chi connectivity index (χ2n) is 6.75. The van der Waals surface area contributed by atoms with Crippen molar-refractivity contribution in [3.63, 3.8) is 0 Å². The van der Waals surface area contributed by atoms with Crippen molar-refractivity contribution in [3.05, 3.63) is 35.6 Å². The molecule has 5 heteroatoms. The lowest BCUT2D eigenvalue weighted by molar-refractivity contribution is 0.0377. The Kier molecular flexibility index (Phi) is 4.14. The Balaban J connectivity index is 1.82. The fourth-order valence-corrected chi connectivity index (χ4v) is 4.49. The number of methoxy groups -OCH3 is 2. The first-order valence-corrected chi connectivity index (χ1v) is 8.65. The van der Waals surface area contributed by atoms with Crippen LogP contribution in [-0.4, -0.2) is 51.1 Å². The maximum Gasteiger partial charge on any atom is 0.231 e. The van der Waals surface area contributed by atoms with Crippen LogP contribution >= 0.6 is 0 Å². The molecule has 1 aromatic carbocycles. The fraction of sp³-hybridized carbons (Fsp3) is 0.579. The number of benzene rings is 1. The van der Waals surface area contributed by atoms with E-state index in [-0.39, 0.29) is 12.0 Å². The first-order chi connectivity index (χ1) is 11.7. The lowest BCUT2D eigenvalue weighted by Gasteiger charge is -2.35. The molecule has 0 N–H and O–H groups in total. The Morgan fingerprint density at radius 1 is 1.25 bits per heavy atom. The van der Waals surface area contributed by atoms with E-state index in [0.29, 0.717) is 18.6 Å². The zero-order chi connectivity index (χ0) is 16.7. The zero-order valence-electron chi connectivity index (χ0n) is 14.4. The van der Waals surface area contributed by atoms with Gasteiger partial charge in [0.05, 0.1) is 7.11 Å². The quantitative estimate of drug-likeness (QED) is 0.794. The van der Waals surface area contributed by atoms with Gasteiger partial charge in [0, 0.05) is 25.6 Å². The predicted molar refractivity (Wildman–Crippen MR) is 90.6 cm³/mol. The highest BCUT2D eigenvalue weighted by Gasteiger charge is 2.42. The smallest absolute Gasteiger partial charge is 0.231 e. The number of hydrogen-bond acceptors (Lipinski definition) is 5. The molecule has 0 radical (unpaired) electrons. The Hall–Kier alpha value is -1.72. The molecular formula is C19H25NO4. The van der Waals surface area contributed by atoms with Crippen LogP contribution in [0.4, 0.5) is 0 Å². The van der Waals surface area contributed by atoms with Crippen LogP contribution in [0.2, 0.25) is 0 Å². The highest BCUT2D eigenvalue weighted by Crippen LogP contribution is 2.45. The van der Waals surface area contributed by atoms with Gasteiger partial charge < -0.3 is 18.9 Å². The number of hydrogen-bond donors (Lipinski definition) is 0. The van der Waals surface area contributed by atoms with Crippen LogP contribution in [0.5, 0.6) is 11.5 Å². The van der Waals surface area contributed by atoms with Gasteiger partial charge in [0.1, 0.15) is 11.9 Å². The van der Waals surface area contributed by atoms with Gasteiger partial charge in [-0.3, -0.25) is 4.90 Å². The monoisotopic (exact) mass is 331 g/mol. The van der Waals surface area contributed by atoms with Gasteiger partial charge in [0.2, 0.25) is 6.79 Å². The van der Waals surface area contributed by atoms with Crippen LogP contribution in [0.15, 0.2) is 24.5 Å². The van der Waals surface area contributed by atoms with Gasteiger partial charge in [-0.2, -0.15) is 0 Å². The molecular weight excluding hydrogens is 306 g/mol. The highest BCUT2D eigenvalue weighted by molar-refractivity contribution is 5.51. The van der Waals surface area contributed by atoms with E-state index in [1.807, 2.05) is 0 Å². The van der Waals surface area contributed by atoms with Gasteiger partial charge in [0.15, 0.2) is 11.5 Å². The second kappa shape index (κ2) is 6.30. The van der Waals surface area contributed by atoms with Gasteiger partial charge in [-0.25, -0.2) is 0 Å². The summed E-state index contributed by atoms with van der Waals surface area (Å²) in [6, 6.07) is 4.75. The molecule has 0 aliphatic carbocycles. The Morgan fingerprint density at radius 2 is 2.04 bits per heavy atom. The molecule has 1 aromatic rings.